The fourth-order valence-electron chi connectivity index (χ4n) is 7.63. The molecule has 0 aromatic heterocycles. The minimum absolute atomic E-state index is 0.0887. The summed E-state index contributed by atoms with van der Waals surface area (Å²) < 4.78 is 10.7. The normalized spacial score (nSPS) is 13.5. The lowest BCUT2D eigenvalue weighted by molar-refractivity contribution is -0.161. The molecule has 0 rings (SSSR count). The van der Waals surface area contributed by atoms with Crippen LogP contribution in [0.1, 0.15) is 232 Å². The third-order valence-electron chi connectivity index (χ3n) is 12.0. The molecule has 0 aliphatic heterocycles. The Morgan fingerprint density at radius 3 is 0.811 bits per heavy atom. The molecule has 0 radical (unpaired) electrons. The lowest BCUT2D eigenvalue weighted by Gasteiger charge is -2.15. The van der Waals surface area contributed by atoms with E-state index in [0.717, 1.165) is 141 Å². The van der Waals surface area contributed by atoms with Gasteiger partial charge in [0.1, 0.15) is 6.61 Å². The zero-order valence-electron chi connectivity index (χ0n) is 47.3. The monoisotopic (exact) mass is 1020 g/mol. The van der Waals surface area contributed by atoms with Crippen LogP contribution in [0.3, 0.4) is 0 Å². The minimum Gasteiger partial charge on any atom is -0.462 e. The highest BCUT2D eigenvalue weighted by molar-refractivity contribution is 5.70. The minimum atomic E-state index is -0.801. The lowest BCUT2D eigenvalue weighted by Crippen LogP contribution is -2.28. The molecule has 5 nitrogen and oxygen atoms in total. The number of allylic oxidation sites excluding steroid dienone is 28. The van der Waals surface area contributed by atoms with Gasteiger partial charge in [0.15, 0.2) is 6.10 Å². The summed E-state index contributed by atoms with van der Waals surface area (Å²) in [5.74, 6) is -0.633. The molecule has 0 amide bonds. The number of aliphatic hydroxyl groups excluding tert-OH is 1. The Balaban J connectivity index is 3.62. The second-order valence-electron chi connectivity index (χ2n) is 19.0. The molecule has 1 atom stereocenters. The number of aliphatic hydroxyl groups is 1. The van der Waals surface area contributed by atoms with Gasteiger partial charge in [-0.3, -0.25) is 9.59 Å². The molecule has 0 saturated carbocycles. The van der Waals surface area contributed by atoms with Gasteiger partial charge in [0, 0.05) is 12.8 Å². The molecule has 0 saturated heterocycles. The number of esters is 2. The second kappa shape index (κ2) is 62.6. The molecule has 0 aromatic rings. The van der Waals surface area contributed by atoms with Gasteiger partial charge >= 0.3 is 11.9 Å². The van der Waals surface area contributed by atoms with Crippen LogP contribution in [-0.4, -0.2) is 36.4 Å². The Hall–Kier alpha value is -4.74. The zero-order valence-corrected chi connectivity index (χ0v) is 47.3. The molecule has 0 aliphatic carbocycles. The number of rotatable bonds is 52. The van der Waals surface area contributed by atoms with Crippen LogP contribution in [0.25, 0.3) is 0 Å². The zero-order chi connectivity index (χ0) is 53.4. The van der Waals surface area contributed by atoms with Crippen molar-refractivity contribution in [1.82, 2.24) is 0 Å². The van der Waals surface area contributed by atoms with Gasteiger partial charge in [0.25, 0.3) is 0 Å². The number of carbonyl (C=O) groups excluding carboxylic acids is 2. The fraction of sp³-hybridized carbons (Fsp3) is 0.565. The first-order valence-electron chi connectivity index (χ1n) is 29.7. The number of hydrogen-bond donors (Lipinski definition) is 1. The Bertz CT molecular complexity index is 1670. The molecule has 0 fully saturated rings. The van der Waals surface area contributed by atoms with E-state index < -0.39 is 6.10 Å². The number of hydrogen-bond acceptors (Lipinski definition) is 5. The summed E-state index contributed by atoms with van der Waals surface area (Å²) in [6, 6.07) is 0. The van der Waals surface area contributed by atoms with Gasteiger partial charge in [-0.2, -0.15) is 0 Å². The van der Waals surface area contributed by atoms with E-state index in [1.54, 1.807) is 0 Å². The number of ether oxygens (including phenoxy) is 2. The van der Waals surface area contributed by atoms with E-state index in [1.165, 1.54) is 64.2 Å². The molecule has 0 aromatic carbocycles. The lowest BCUT2D eigenvalue weighted by atomic mass is 10.0. The van der Waals surface area contributed by atoms with Crippen molar-refractivity contribution in [2.24, 2.45) is 0 Å². The highest BCUT2D eigenvalue weighted by Gasteiger charge is 2.16. The summed E-state index contributed by atoms with van der Waals surface area (Å²) in [6.45, 7) is 3.88. The van der Waals surface area contributed by atoms with Gasteiger partial charge in [-0.15, -0.1) is 0 Å². The predicted molar refractivity (Wildman–Crippen MR) is 324 cm³/mol. The first-order chi connectivity index (χ1) is 36.6. The largest absolute Gasteiger partial charge is 0.462 e. The summed E-state index contributed by atoms with van der Waals surface area (Å²) >= 11 is 0. The average Bonchev–Trinajstić information content (AvgIpc) is 3.40. The summed E-state index contributed by atoms with van der Waals surface area (Å²) in [5, 5.41) is 9.67. The van der Waals surface area contributed by atoms with Crippen molar-refractivity contribution in [2.75, 3.05) is 13.2 Å². The van der Waals surface area contributed by atoms with Crippen molar-refractivity contribution in [3.63, 3.8) is 0 Å². The standard InChI is InChI=1S/C69H108O5/c1-3-5-7-9-11-13-15-17-19-21-23-25-27-29-31-33-34-36-37-39-41-43-45-47-49-51-53-55-57-59-61-63-68(71)73-66-67(65-70)74-69(72)64-62-60-58-56-54-52-50-48-46-44-42-40-38-35-32-30-28-26-24-22-20-18-16-14-12-10-8-6-4-2/h5-8,11-14,17-20,23-26,29-32,34,36,38,40,44,46,50,52,67,70H,3-4,9-10,15-16,21-22,27-28,33,35,37,39,41-43,45,47-49,51,53-66H2,1-2H3/b7-5-,8-6-,13-11-,14-12-,19-17-,20-18-,25-23-,26-24-,31-29-,32-30-,36-34-,40-38-,46-44-,52-50-. The van der Waals surface area contributed by atoms with Crippen molar-refractivity contribution in [2.45, 2.75) is 238 Å². The van der Waals surface area contributed by atoms with E-state index in [1.807, 2.05) is 0 Å². The Morgan fingerprint density at radius 2 is 0.541 bits per heavy atom. The highest BCUT2D eigenvalue weighted by Crippen LogP contribution is 2.14. The third-order valence-corrected chi connectivity index (χ3v) is 12.0. The van der Waals surface area contributed by atoms with Crippen LogP contribution in [0.2, 0.25) is 0 Å². The first-order valence-corrected chi connectivity index (χ1v) is 29.7. The molecule has 1 N–H and O–H groups in total. The Morgan fingerprint density at radius 1 is 0.311 bits per heavy atom. The molecule has 1 unspecified atom stereocenters. The van der Waals surface area contributed by atoms with Gasteiger partial charge in [-0.25, -0.2) is 0 Å². The Kier molecular flexibility index (Phi) is 58.5. The Labute approximate surface area is 455 Å². The van der Waals surface area contributed by atoms with Crippen LogP contribution < -0.4 is 0 Å². The quantitative estimate of drug-likeness (QED) is 0.0373. The molecule has 0 spiro atoms. The summed E-state index contributed by atoms with van der Waals surface area (Å²) in [7, 11) is 0. The second-order valence-corrected chi connectivity index (χ2v) is 19.0. The van der Waals surface area contributed by atoms with Crippen LogP contribution in [0, 0.1) is 0 Å². The molecular weight excluding hydrogens is 909 g/mol. The van der Waals surface area contributed by atoms with E-state index in [4.69, 9.17) is 9.47 Å². The molecule has 414 valence electrons. The van der Waals surface area contributed by atoms with Crippen LogP contribution in [-0.2, 0) is 19.1 Å². The van der Waals surface area contributed by atoms with Gasteiger partial charge in [-0.1, -0.05) is 261 Å². The molecule has 0 heterocycles. The van der Waals surface area contributed by atoms with E-state index in [0.29, 0.717) is 12.8 Å². The van der Waals surface area contributed by atoms with E-state index >= 15 is 0 Å². The average molecular weight is 1020 g/mol. The predicted octanol–water partition coefficient (Wildman–Crippen LogP) is 20.5. The van der Waals surface area contributed by atoms with Crippen molar-refractivity contribution < 1.29 is 24.2 Å². The maximum atomic E-state index is 12.3. The van der Waals surface area contributed by atoms with E-state index in [2.05, 4.69) is 184 Å². The fourth-order valence-corrected chi connectivity index (χ4v) is 7.63. The number of carbonyl (C=O) groups is 2. The first kappa shape index (κ1) is 69.3. The van der Waals surface area contributed by atoms with Crippen molar-refractivity contribution >= 4 is 11.9 Å². The van der Waals surface area contributed by atoms with Gasteiger partial charge in [0.05, 0.1) is 6.61 Å². The van der Waals surface area contributed by atoms with Crippen LogP contribution >= 0.6 is 0 Å². The van der Waals surface area contributed by atoms with Crippen molar-refractivity contribution in [3.05, 3.63) is 170 Å². The molecule has 74 heavy (non-hydrogen) atoms. The van der Waals surface area contributed by atoms with Crippen LogP contribution in [0.4, 0.5) is 0 Å². The molecular formula is C69H108O5. The molecule has 5 heteroatoms. The van der Waals surface area contributed by atoms with Gasteiger partial charge in [-0.05, 0) is 128 Å². The summed E-state index contributed by atoms with van der Waals surface area (Å²) in [6.07, 6.45) is 97.5. The van der Waals surface area contributed by atoms with Gasteiger partial charge in [0.2, 0.25) is 0 Å². The summed E-state index contributed by atoms with van der Waals surface area (Å²) in [4.78, 5) is 24.6. The molecule has 0 bridgehead atoms. The van der Waals surface area contributed by atoms with Crippen molar-refractivity contribution in [3.8, 4) is 0 Å². The highest BCUT2D eigenvalue weighted by atomic mass is 16.6. The smallest absolute Gasteiger partial charge is 0.306 e. The summed E-state index contributed by atoms with van der Waals surface area (Å²) in [5.41, 5.74) is 0. The maximum Gasteiger partial charge on any atom is 0.306 e. The van der Waals surface area contributed by atoms with E-state index in [9.17, 15) is 14.7 Å². The SMILES string of the molecule is CC/C=C\C/C=C\C/C=C\C/C=C\C/C=C\C/C=C\C/C=C\C/C=C\CCCCCCC(=O)OC(CO)COC(=O)CCCCCCCCCCCCCC/C=C\C/C=C\C/C=C\C/C=C\C/C=C\C/C=C\CC. The van der Waals surface area contributed by atoms with Gasteiger partial charge < -0.3 is 14.6 Å². The topological polar surface area (TPSA) is 72.8 Å². The van der Waals surface area contributed by atoms with Crippen LogP contribution in [0.15, 0.2) is 170 Å². The maximum absolute atomic E-state index is 12.3. The molecule has 0 aliphatic rings. The third kappa shape index (κ3) is 59.8. The van der Waals surface area contributed by atoms with E-state index in [-0.39, 0.29) is 25.2 Å². The van der Waals surface area contributed by atoms with Crippen molar-refractivity contribution in [1.29, 1.82) is 0 Å². The number of unbranched alkanes of at least 4 members (excludes halogenated alkanes) is 16. The van der Waals surface area contributed by atoms with Crippen LogP contribution in [0.5, 0.6) is 0 Å².